The zero-order valence-electron chi connectivity index (χ0n) is 13.8. The molecular weight excluding hydrogens is 291 g/mol. The van der Waals surface area contributed by atoms with Crippen LogP contribution >= 0.6 is 7.80 Å². The Hall–Kier alpha value is 0.0200. The third-order valence-electron chi connectivity index (χ3n) is 7.14. The van der Waals surface area contributed by atoms with Crippen molar-refractivity contribution in [2.45, 2.75) is 62.7 Å². The minimum absolute atomic E-state index is 0.536. The van der Waals surface area contributed by atoms with Gasteiger partial charge in [-0.2, -0.15) is 0 Å². The fraction of sp³-hybridized carbons (Fsp3) is 1.00. The van der Waals surface area contributed by atoms with Gasteiger partial charge in [-0.25, -0.2) is 0 Å². The van der Waals surface area contributed by atoms with Gasteiger partial charge < -0.3 is 10.6 Å². The Bertz CT molecular complexity index is 380. The lowest BCUT2D eigenvalue weighted by Crippen LogP contribution is -2.42. The first-order chi connectivity index (χ1) is 10.8. The molecule has 2 saturated heterocycles. The largest absolute Gasteiger partial charge is 0.344 e. The van der Waals surface area contributed by atoms with E-state index in [-0.39, 0.29) is 0 Å². The maximum Gasteiger partial charge on any atom is 0.344 e. The molecule has 2 aliphatic carbocycles. The standard InChI is InChI=1S/C18H32N2OP/c21-22(17-3-1-13-5-7-19-11-15(13)9-17)18-4-2-14-6-8-20-12-16(14)10-18/h13-20H,1-12H2/q+1. The topological polar surface area (TPSA) is 41.1 Å². The summed E-state index contributed by atoms with van der Waals surface area (Å²) in [5.74, 6) is 3.50. The molecule has 124 valence electrons. The predicted octanol–water partition coefficient (Wildman–Crippen LogP) is 3.37. The van der Waals surface area contributed by atoms with Crippen LogP contribution in [0, 0.1) is 23.7 Å². The quantitative estimate of drug-likeness (QED) is 0.766. The first kappa shape index (κ1) is 15.5. The first-order valence-electron chi connectivity index (χ1n) is 9.68. The van der Waals surface area contributed by atoms with Crippen LogP contribution in [0.3, 0.4) is 0 Å². The molecule has 2 N–H and O–H groups in total. The number of fused-ring (bicyclic) bond motifs is 2. The molecule has 0 aromatic heterocycles. The molecule has 4 fully saturated rings. The lowest BCUT2D eigenvalue weighted by Gasteiger charge is -2.39. The second-order valence-corrected chi connectivity index (χ2v) is 10.5. The van der Waals surface area contributed by atoms with Crippen molar-refractivity contribution in [3.8, 4) is 0 Å². The van der Waals surface area contributed by atoms with Crippen LogP contribution in [0.1, 0.15) is 51.4 Å². The number of rotatable bonds is 2. The van der Waals surface area contributed by atoms with Crippen LogP contribution in [0.4, 0.5) is 0 Å². The summed E-state index contributed by atoms with van der Waals surface area (Å²) in [5.41, 5.74) is 1.07. The summed E-state index contributed by atoms with van der Waals surface area (Å²) in [7, 11) is -0.987. The molecule has 4 aliphatic rings. The smallest absolute Gasteiger partial charge is 0.316 e. The minimum Gasteiger partial charge on any atom is -0.316 e. The molecule has 0 aromatic carbocycles. The maximum atomic E-state index is 13.2. The van der Waals surface area contributed by atoms with E-state index in [1.807, 2.05) is 0 Å². The second-order valence-electron chi connectivity index (χ2n) is 8.32. The average molecular weight is 323 g/mol. The molecule has 22 heavy (non-hydrogen) atoms. The molecule has 4 rings (SSSR count). The summed E-state index contributed by atoms with van der Waals surface area (Å²) in [4.78, 5) is 0. The molecule has 3 nitrogen and oxygen atoms in total. The molecule has 0 radical (unpaired) electrons. The van der Waals surface area contributed by atoms with Crippen LogP contribution in [-0.4, -0.2) is 37.5 Å². The second kappa shape index (κ2) is 6.87. The van der Waals surface area contributed by atoms with Gasteiger partial charge >= 0.3 is 7.80 Å². The van der Waals surface area contributed by atoms with Gasteiger partial charge in [0.25, 0.3) is 0 Å². The Balaban J connectivity index is 1.35. The summed E-state index contributed by atoms with van der Waals surface area (Å²) in [6, 6.07) is 0. The highest BCUT2D eigenvalue weighted by Crippen LogP contribution is 2.52. The third-order valence-corrected chi connectivity index (χ3v) is 9.52. The van der Waals surface area contributed by atoms with Crippen LogP contribution in [0.15, 0.2) is 0 Å². The van der Waals surface area contributed by atoms with Gasteiger partial charge in [0.2, 0.25) is 0 Å². The zero-order valence-corrected chi connectivity index (χ0v) is 14.7. The molecule has 2 heterocycles. The number of piperidine rings is 2. The summed E-state index contributed by atoms with van der Waals surface area (Å²) in [6.45, 7) is 4.78. The van der Waals surface area contributed by atoms with Crippen LogP contribution in [0.2, 0.25) is 0 Å². The van der Waals surface area contributed by atoms with Gasteiger partial charge in [0.15, 0.2) is 11.3 Å². The average Bonchev–Trinajstić information content (AvgIpc) is 2.60. The Morgan fingerprint density at radius 3 is 1.64 bits per heavy atom. The van der Waals surface area contributed by atoms with Crippen molar-refractivity contribution in [3.05, 3.63) is 0 Å². The van der Waals surface area contributed by atoms with Gasteiger partial charge in [0.05, 0.1) is 0 Å². The molecule has 6 unspecified atom stereocenters. The van der Waals surface area contributed by atoms with Gasteiger partial charge in [-0.3, -0.25) is 0 Å². The number of hydrogen-bond acceptors (Lipinski definition) is 3. The van der Waals surface area contributed by atoms with Crippen molar-refractivity contribution in [1.82, 2.24) is 10.6 Å². The van der Waals surface area contributed by atoms with Crippen molar-refractivity contribution >= 4 is 7.80 Å². The molecule has 6 atom stereocenters. The highest BCUT2D eigenvalue weighted by atomic mass is 31.1. The monoisotopic (exact) mass is 323 g/mol. The lowest BCUT2D eigenvalue weighted by atomic mass is 9.75. The van der Waals surface area contributed by atoms with Crippen LogP contribution in [-0.2, 0) is 4.57 Å². The molecular formula is C18H32N2OP+. The Morgan fingerprint density at radius 2 is 1.14 bits per heavy atom. The van der Waals surface area contributed by atoms with E-state index in [4.69, 9.17) is 0 Å². The fourth-order valence-corrected chi connectivity index (χ4v) is 8.13. The van der Waals surface area contributed by atoms with E-state index < -0.39 is 7.80 Å². The summed E-state index contributed by atoms with van der Waals surface area (Å²) in [6.07, 6.45) is 10.4. The number of nitrogens with one attached hydrogen (secondary N) is 2. The van der Waals surface area contributed by atoms with Gasteiger partial charge in [-0.1, -0.05) is 4.57 Å². The normalized spacial score (nSPS) is 46.5. The van der Waals surface area contributed by atoms with Crippen LogP contribution < -0.4 is 10.6 Å². The molecule has 0 aromatic rings. The first-order valence-corrected chi connectivity index (χ1v) is 11.1. The molecule has 4 heteroatoms. The summed E-state index contributed by atoms with van der Waals surface area (Å²) >= 11 is 0. The van der Waals surface area contributed by atoms with Gasteiger partial charge in [0.1, 0.15) is 0 Å². The van der Waals surface area contributed by atoms with E-state index in [1.54, 1.807) is 0 Å². The Morgan fingerprint density at radius 1 is 0.636 bits per heavy atom. The Labute approximate surface area is 136 Å². The number of hydrogen-bond donors (Lipinski definition) is 2. The van der Waals surface area contributed by atoms with E-state index in [1.165, 1.54) is 77.5 Å². The van der Waals surface area contributed by atoms with E-state index in [9.17, 15) is 4.57 Å². The predicted molar refractivity (Wildman–Crippen MR) is 91.8 cm³/mol. The van der Waals surface area contributed by atoms with E-state index in [0.29, 0.717) is 11.3 Å². The Kier molecular flexibility index (Phi) is 4.85. The van der Waals surface area contributed by atoms with E-state index in [0.717, 1.165) is 23.7 Å². The maximum absolute atomic E-state index is 13.2. The molecule has 2 aliphatic heterocycles. The van der Waals surface area contributed by atoms with Crippen molar-refractivity contribution in [2.75, 3.05) is 26.2 Å². The van der Waals surface area contributed by atoms with Gasteiger partial charge in [0, 0.05) is 0 Å². The van der Waals surface area contributed by atoms with Gasteiger partial charge in [-0.05, 0) is 101 Å². The van der Waals surface area contributed by atoms with Crippen molar-refractivity contribution < 1.29 is 4.57 Å². The summed E-state index contributed by atoms with van der Waals surface area (Å²) in [5, 5.41) is 7.11. The minimum atomic E-state index is -0.987. The van der Waals surface area contributed by atoms with Crippen molar-refractivity contribution in [1.29, 1.82) is 0 Å². The van der Waals surface area contributed by atoms with Gasteiger partial charge in [-0.15, -0.1) is 0 Å². The van der Waals surface area contributed by atoms with Crippen molar-refractivity contribution in [3.63, 3.8) is 0 Å². The lowest BCUT2D eigenvalue weighted by molar-refractivity contribution is 0.179. The van der Waals surface area contributed by atoms with Crippen molar-refractivity contribution in [2.24, 2.45) is 23.7 Å². The third kappa shape index (κ3) is 3.14. The van der Waals surface area contributed by atoms with Crippen LogP contribution in [0.5, 0.6) is 0 Å². The van der Waals surface area contributed by atoms with E-state index >= 15 is 0 Å². The highest BCUT2D eigenvalue weighted by molar-refractivity contribution is 7.46. The summed E-state index contributed by atoms with van der Waals surface area (Å²) < 4.78 is 13.2. The highest BCUT2D eigenvalue weighted by Gasteiger charge is 2.47. The SMILES string of the molecule is O=[P+](C1CCC2CCNCC2C1)C1CCC2CCNCC2C1. The van der Waals surface area contributed by atoms with Crippen LogP contribution in [0.25, 0.3) is 0 Å². The van der Waals surface area contributed by atoms with E-state index in [2.05, 4.69) is 10.6 Å². The molecule has 0 spiro atoms. The molecule has 0 amide bonds. The fourth-order valence-electron chi connectivity index (χ4n) is 5.77. The molecule has 0 bridgehead atoms. The molecule has 2 saturated carbocycles. The zero-order chi connectivity index (χ0) is 14.9.